The van der Waals surface area contributed by atoms with E-state index >= 15 is 0 Å². The van der Waals surface area contributed by atoms with Gasteiger partial charge in [-0.3, -0.25) is 4.79 Å². The zero-order valence-corrected chi connectivity index (χ0v) is 9.95. The maximum absolute atomic E-state index is 12.9. The van der Waals surface area contributed by atoms with Gasteiger partial charge in [-0.05, 0) is 35.9 Å². The second kappa shape index (κ2) is 5.32. The fourth-order valence-corrected chi connectivity index (χ4v) is 1.69. The van der Waals surface area contributed by atoms with Crippen molar-refractivity contribution in [1.29, 1.82) is 0 Å². The van der Waals surface area contributed by atoms with Crippen molar-refractivity contribution in [2.24, 2.45) is 0 Å². The smallest absolute Gasteiger partial charge is 0.405 e. The predicted molar refractivity (Wildman–Crippen MR) is 63.9 cm³/mol. The molecule has 0 bridgehead atoms. The molecule has 0 spiro atoms. The summed E-state index contributed by atoms with van der Waals surface area (Å²) in [7, 11) is 0. The first-order valence-electron chi connectivity index (χ1n) is 5.50. The van der Waals surface area contributed by atoms with Gasteiger partial charge in [0.25, 0.3) is 0 Å². The Morgan fingerprint density at radius 2 is 1.65 bits per heavy atom. The highest BCUT2D eigenvalue weighted by Crippen LogP contribution is 2.34. The van der Waals surface area contributed by atoms with E-state index in [4.69, 9.17) is 0 Å². The van der Waals surface area contributed by atoms with Gasteiger partial charge in [0.05, 0.1) is 0 Å². The van der Waals surface area contributed by atoms with E-state index in [0.717, 1.165) is 18.2 Å². The molecule has 0 radical (unpaired) electrons. The van der Waals surface area contributed by atoms with Gasteiger partial charge in [-0.25, -0.2) is 4.39 Å². The van der Waals surface area contributed by atoms with Crippen LogP contribution in [-0.4, -0.2) is 12.6 Å². The highest BCUT2D eigenvalue weighted by Gasteiger charge is 2.32. The summed E-state index contributed by atoms with van der Waals surface area (Å²) in [5.74, 6) is -0.965. The molecule has 0 saturated carbocycles. The van der Waals surface area contributed by atoms with Gasteiger partial charge in [0.2, 0.25) is 0 Å². The van der Waals surface area contributed by atoms with Crippen LogP contribution in [0.3, 0.4) is 0 Å². The Bertz CT molecular complexity index is 618. The van der Waals surface area contributed by atoms with Crippen LogP contribution < -0.4 is 4.74 Å². The number of carbonyl (C=O) groups is 1. The number of hydrogen-bond donors (Lipinski definition) is 0. The third-order valence-corrected chi connectivity index (χ3v) is 2.52. The Morgan fingerprint density at radius 3 is 2.20 bits per heavy atom. The van der Waals surface area contributed by atoms with Gasteiger partial charge in [0, 0.05) is 11.1 Å². The highest BCUT2D eigenvalue weighted by atomic mass is 19.4. The third-order valence-electron chi connectivity index (χ3n) is 2.52. The number of halogens is 4. The summed E-state index contributed by atoms with van der Waals surface area (Å²) in [6, 6.07) is 8.35. The second-order valence-corrected chi connectivity index (χ2v) is 3.93. The van der Waals surface area contributed by atoms with E-state index in [1.54, 1.807) is 0 Å². The van der Waals surface area contributed by atoms with Gasteiger partial charge in [0.1, 0.15) is 17.9 Å². The molecule has 20 heavy (non-hydrogen) atoms. The number of alkyl halides is 3. The molecule has 0 N–H and O–H groups in total. The van der Waals surface area contributed by atoms with Crippen LogP contribution in [0, 0.1) is 5.82 Å². The molecule has 2 nitrogen and oxygen atoms in total. The minimum Gasteiger partial charge on any atom is -0.405 e. The van der Waals surface area contributed by atoms with Crippen LogP contribution in [0.2, 0.25) is 0 Å². The quantitative estimate of drug-likeness (QED) is 0.623. The third kappa shape index (κ3) is 3.34. The lowest BCUT2D eigenvalue weighted by Gasteiger charge is -2.14. The molecule has 0 heterocycles. The van der Waals surface area contributed by atoms with Gasteiger partial charge in [-0.15, -0.1) is 13.2 Å². The summed E-state index contributed by atoms with van der Waals surface area (Å²) in [4.78, 5) is 10.7. The van der Waals surface area contributed by atoms with Crippen molar-refractivity contribution in [2.75, 3.05) is 0 Å². The van der Waals surface area contributed by atoms with E-state index < -0.39 is 17.9 Å². The number of benzene rings is 2. The van der Waals surface area contributed by atoms with Gasteiger partial charge in [0.15, 0.2) is 0 Å². The Morgan fingerprint density at radius 1 is 1.00 bits per heavy atom. The van der Waals surface area contributed by atoms with Gasteiger partial charge >= 0.3 is 6.36 Å². The van der Waals surface area contributed by atoms with Crippen LogP contribution in [0.15, 0.2) is 42.5 Å². The van der Waals surface area contributed by atoms with Crippen LogP contribution >= 0.6 is 0 Å². The van der Waals surface area contributed by atoms with Gasteiger partial charge < -0.3 is 4.74 Å². The lowest BCUT2D eigenvalue weighted by molar-refractivity contribution is -0.274. The number of ether oxygens (including phenoxy) is 1. The topological polar surface area (TPSA) is 26.3 Å². The summed E-state index contributed by atoms with van der Waals surface area (Å²) in [5, 5.41) is 0. The molecule has 0 aliphatic rings. The Balaban J connectivity index is 2.52. The average molecular weight is 284 g/mol. The normalized spacial score (nSPS) is 11.2. The summed E-state index contributed by atoms with van der Waals surface area (Å²) >= 11 is 0. The van der Waals surface area contributed by atoms with Crippen LogP contribution in [0.25, 0.3) is 11.1 Å². The van der Waals surface area contributed by atoms with E-state index in [2.05, 4.69) is 4.74 Å². The Kier molecular flexibility index (Phi) is 3.74. The molecule has 6 heteroatoms. The van der Waals surface area contributed by atoms with Crippen molar-refractivity contribution in [3.8, 4) is 16.9 Å². The maximum atomic E-state index is 12.9. The summed E-state index contributed by atoms with van der Waals surface area (Å²) in [6.07, 6.45) is -4.35. The molecule has 0 aliphatic carbocycles. The van der Waals surface area contributed by atoms with Crippen molar-refractivity contribution in [3.63, 3.8) is 0 Å². The molecule has 0 aliphatic heterocycles. The molecule has 0 amide bonds. The Hall–Kier alpha value is -2.37. The zero-order chi connectivity index (χ0) is 14.8. The standard InChI is InChI=1S/C14H8F4O2/c15-11-4-2-10(3-5-11)12-7-9(8-19)1-6-13(12)20-14(16,17)18/h1-8H. The summed E-state index contributed by atoms with van der Waals surface area (Å²) < 4.78 is 53.8. The van der Waals surface area contributed by atoms with E-state index in [9.17, 15) is 22.4 Å². The van der Waals surface area contributed by atoms with E-state index in [1.165, 1.54) is 24.3 Å². The minimum atomic E-state index is -4.85. The zero-order valence-electron chi connectivity index (χ0n) is 9.95. The molecule has 0 atom stereocenters. The molecule has 2 rings (SSSR count). The molecular weight excluding hydrogens is 276 g/mol. The largest absolute Gasteiger partial charge is 0.573 e. The monoisotopic (exact) mass is 284 g/mol. The van der Waals surface area contributed by atoms with Crippen molar-refractivity contribution in [3.05, 3.63) is 53.8 Å². The minimum absolute atomic E-state index is 0.0620. The first kappa shape index (κ1) is 14.0. The maximum Gasteiger partial charge on any atom is 0.573 e. The molecule has 0 saturated heterocycles. The van der Waals surface area contributed by atoms with E-state index in [1.807, 2.05) is 0 Å². The molecule has 0 unspecified atom stereocenters. The SMILES string of the molecule is O=Cc1ccc(OC(F)(F)F)c(-c2ccc(F)cc2)c1. The molecule has 2 aromatic rings. The summed E-state index contributed by atoms with van der Waals surface area (Å²) in [5.41, 5.74) is 0.570. The van der Waals surface area contributed by atoms with Crippen molar-refractivity contribution in [2.45, 2.75) is 6.36 Å². The van der Waals surface area contributed by atoms with Crippen LogP contribution in [0.4, 0.5) is 17.6 Å². The molecule has 0 aromatic heterocycles. The fraction of sp³-hybridized carbons (Fsp3) is 0.0714. The van der Waals surface area contributed by atoms with Crippen molar-refractivity contribution >= 4 is 6.29 Å². The Labute approximate surface area is 111 Å². The average Bonchev–Trinajstić information content (AvgIpc) is 2.38. The lowest BCUT2D eigenvalue weighted by Crippen LogP contribution is -2.17. The molecular formula is C14H8F4O2. The fourth-order valence-electron chi connectivity index (χ4n) is 1.69. The van der Waals surface area contributed by atoms with Crippen LogP contribution in [-0.2, 0) is 0 Å². The molecule has 0 fully saturated rings. The van der Waals surface area contributed by atoms with Crippen LogP contribution in [0.5, 0.6) is 5.75 Å². The number of rotatable bonds is 3. The van der Waals surface area contributed by atoms with Gasteiger partial charge in [-0.2, -0.15) is 0 Å². The first-order valence-corrected chi connectivity index (χ1v) is 5.50. The molecule has 2 aromatic carbocycles. The van der Waals surface area contributed by atoms with Gasteiger partial charge in [-0.1, -0.05) is 12.1 Å². The van der Waals surface area contributed by atoms with Crippen molar-refractivity contribution < 1.29 is 27.1 Å². The molecule has 104 valence electrons. The van der Waals surface area contributed by atoms with E-state index in [0.29, 0.717) is 11.8 Å². The van der Waals surface area contributed by atoms with E-state index in [-0.39, 0.29) is 11.1 Å². The number of carbonyl (C=O) groups excluding carboxylic acids is 1. The predicted octanol–water partition coefficient (Wildman–Crippen LogP) is 4.20. The first-order chi connectivity index (χ1) is 9.39. The number of aldehydes is 1. The van der Waals surface area contributed by atoms with Crippen molar-refractivity contribution in [1.82, 2.24) is 0 Å². The lowest BCUT2D eigenvalue weighted by atomic mass is 10.0. The van der Waals surface area contributed by atoms with Crippen LogP contribution in [0.1, 0.15) is 10.4 Å². The second-order valence-electron chi connectivity index (χ2n) is 3.93. The summed E-state index contributed by atoms with van der Waals surface area (Å²) in [6.45, 7) is 0. The highest BCUT2D eigenvalue weighted by molar-refractivity contribution is 5.81. The number of hydrogen-bond acceptors (Lipinski definition) is 2.